The zero-order valence-electron chi connectivity index (χ0n) is 16.3. The van der Waals surface area contributed by atoms with Crippen molar-refractivity contribution in [2.75, 3.05) is 11.9 Å². The molecule has 0 aliphatic heterocycles. The third-order valence-electron chi connectivity index (χ3n) is 4.07. The van der Waals surface area contributed by atoms with Gasteiger partial charge in [-0.1, -0.05) is 29.8 Å². The van der Waals surface area contributed by atoms with E-state index in [1.165, 1.54) is 19.1 Å². The van der Waals surface area contributed by atoms with Gasteiger partial charge in [0.05, 0.1) is 4.90 Å². The Morgan fingerprint density at radius 1 is 1.00 bits per heavy atom. The fourth-order valence-electron chi connectivity index (χ4n) is 2.35. The number of esters is 1. The zero-order chi connectivity index (χ0) is 20.9. The third-order valence-corrected chi connectivity index (χ3v) is 5.48. The number of carbonyl (C=O) groups excluding carboxylic acids is 2. The van der Waals surface area contributed by atoms with Crippen molar-refractivity contribution in [3.63, 3.8) is 0 Å². The molecule has 1 unspecified atom stereocenters. The summed E-state index contributed by atoms with van der Waals surface area (Å²) in [6.45, 7) is 6.44. The molecule has 2 rings (SSSR count). The van der Waals surface area contributed by atoms with E-state index in [-0.39, 0.29) is 4.90 Å². The van der Waals surface area contributed by atoms with Crippen LogP contribution in [-0.4, -0.2) is 32.9 Å². The number of hydrogen-bond donors (Lipinski definition) is 2. The van der Waals surface area contributed by atoms with E-state index in [2.05, 4.69) is 10.0 Å². The van der Waals surface area contributed by atoms with E-state index in [4.69, 9.17) is 4.74 Å². The number of amides is 1. The number of hydrogen-bond acceptors (Lipinski definition) is 5. The molecule has 1 amide bonds. The highest BCUT2D eigenvalue weighted by atomic mass is 32.2. The van der Waals surface area contributed by atoms with Gasteiger partial charge >= 0.3 is 5.97 Å². The Labute approximate surface area is 165 Å². The van der Waals surface area contributed by atoms with Gasteiger partial charge in [-0.15, -0.1) is 0 Å². The van der Waals surface area contributed by atoms with Crippen LogP contribution in [-0.2, 0) is 24.3 Å². The molecular formula is C20H24N2O5S. The average Bonchev–Trinajstić information content (AvgIpc) is 2.63. The first-order valence-corrected chi connectivity index (χ1v) is 10.2. The lowest BCUT2D eigenvalue weighted by atomic mass is 10.1. The maximum absolute atomic E-state index is 12.2. The van der Waals surface area contributed by atoms with E-state index in [1.54, 1.807) is 12.1 Å². The van der Waals surface area contributed by atoms with Crippen molar-refractivity contribution in [1.82, 2.24) is 4.72 Å². The van der Waals surface area contributed by atoms with Crippen LogP contribution in [0.1, 0.15) is 23.6 Å². The van der Waals surface area contributed by atoms with Crippen molar-refractivity contribution in [3.05, 3.63) is 59.2 Å². The monoisotopic (exact) mass is 404 g/mol. The van der Waals surface area contributed by atoms with Gasteiger partial charge in [0.25, 0.3) is 5.91 Å². The maximum Gasteiger partial charge on any atom is 0.321 e. The van der Waals surface area contributed by atoms with Crippen molar-refractivity contribution in [2.45, 2.75) is 38.7 Å². The van der Waals surface area contributed by atoms with Crippen LogP contribution in [0.2, 0.25) is 0 Å². The molecule has 0 radical (unpaired) electrons. The van der Waals surface area contributed by atoms with Crippen LogP contribution in [0, 0.1) is 20.8 Å². The van der Waals surface area contributed by atoms with E-state index in [0.717, 1.165) is 16.7 Å². The molecule has 0 heterocycles. The molecule has 1 atom stereocenters. The van der Waals surface area contributed by atoms with E-state index in [9.17, 15) is 18.0 Å². The highest BCUT2D eigenvalue weighted by Gasteiger charge is 2.21. The Morgan fingerprint density at radius 2 is 1.61 bits per heavy atom. The minimum Gasteiger partial charge on any atom is -0.452 e. The van der Waals surface area contributed by atoms with Gasteiger partial charge in [-0.25, -0.2) is 8.42 Å². The molecule has 2 aromatic rings. The number of aryl methyl sites for hydroxylation is 3. The summed E-state index contributed by atoms with van der Waals surface area (Å²) in [5.41, 5.74) is 3.41. The van der Waals surface area contributed by atoms with Gasteiger partial charge in [0, 0.05) is 5.69 Å². The Morgan fingerprint density at radius 3 is 2.25 bits per heavy atom. The molecule has 2 aromatic carbocycles. The lowest BCUT2D eigenvalue weighted by Gasteiger charge is -2.15. The van der Waals surface area contributed by atoms with Gasteiger partial charge < -0.3 is 10.1 Å². The number of benzene rings is 2. The van der Waals surface area contributed by atoms with Crippen LogP contribution in [0.3, 0.4) is 0 Å². The number of anilines is 1. The molecule has 0 saturated heterocycles. The fourth-order valence-corrected chi connectivity index (χ4v) is 3.32. The summed E-state index contributed by atoms with van der Waals surface area (Å²) in [4.78, 5) is 24.2. The largest absolute Gasteiger partial charge is 0.452 e. The minimum atomic E-state index is -3.84. The van der Waals surface area contributed by atoms with Crippen molar-refractivity contribution in [2.24, 2.45) is 0 Å². The van der Waals surface area contributed by atoms with Gasteiger partial charge in [-0.05, 0) is 57.0 Å². The van der Waals surface area contributed by atoms with E-state index >= 15 is 0 Å². The maximum atomic E-state index is 12.2. The van der Waals surface area contributed by atoms with Crippen molar-refractivity contribution < 1.29 is 22.7 Å². The second kappa shape index (κ2) is 8.99. The highest BCUT2D eigenvalue weighted by molar-refractivity contribution is 7.89. The zero-order valence-corrected chi connectivity index (χ0v) is 17.1. The van der Waals surface area contributed by atoms with Gasteiger partial charge in [0.2, 0.25) is 10.0 Å². The Bertz CT molecular complexity index is 969. The predicted octanol–water partition coefficient (Wildman–Crippen LogP) is 2.46. The molecule has 8 heteroatoms. The molecule has 2 N–H and O–H groups in total. The topological polar surface area (TPSA) is 102 Å². The summed E-state index contributed by atoms with van der Waals surface area (Å²) >= 11 is 0. The second-order valence-corrected chi connectivity index (χ2v) is 8.34. The molecule has 7 nitrogen and oxygen atoms in total. The Kier molecular flexibility index (Phi) is 6.93. The summed E-state index contributed by atoms with van der Waals surface area (Å²) in [5.74, 6) is -1.34. The lowest BCUT2D eigenvalue weighted by molar-refractivity contribution is -0.151. The summed E-state index contributed by atoms with van der Waals surface area (Å²) in [7, 11) is -3.84. The molecule has 0 aliphatic carbocycles. The molecular weight excluding hydrogens is 380 g/mol. The van der Waals surface area contributed by atoms with Gasteiger partial charge in [-0.3, -0.25) is 9.59 Å². The number of ether oxygens (including phenoxy) is 1. The van der Waals surface area contributed by atoms with E-state index < -0.39 is 34.5 Å². The Balaban J connectivity index is 1.90. The van der Waals surface area contributed by atoms with Crippen LogP contribution >= 0.6 is 0 Å². The first kappa shape index (κ1) is 21.6. The summed E-state index contributed by atoms with van der Waals surface area (Å²) in [6.07, 6.45) is -1.07. The van der Waals surface area contributed by atoms with Crippen LogP contribution in [0.5, 0.6) is 0 Å². The molecule has 0 aliphatic rings. The first-order valence-electron chi connectivity index (χ1n) is 8.72. The molecule has 150 valence electrons. The van der Waals surface area contributed by atoms with Crippen LogP contribution < -0.4 is 10.0 Å². The third kappa shape index (κ3) is 5.90. The number of sulfonamides is 1. The quantitative estimate of drug-likeness (QED) is 0.690. The highest BCUT2D eigenvalue weighted by Crippen LogP contribution is 2.17. The van der Waals surface area contributed by atoms with Gasteiger partial charge in [0.15, 0.2) is 6.10 Å². The summed E-state index contributed by atoms with van der Waals surface area (Å²) in [5, 5.41) is 2.70. The number of carbonyl (C=O) groups is 2. The predicted molar refractivity (Wildman–Crippen MR) is 106 cm³/mol. The van der Waals surface area contributed by atoms with Gasteiger partial charge in [-0.2, -0.15) is 4.72 Å². The van der Waals surface area contributed by atoms with Crippen molar-refractivity contribution in [3.8, 4) is 0 Å². The molecule has 0 bridgehead atoms. The van der Waals surface area contributed by atoms with Crippen LogP contribution in [0.25, 0.3) is 0 Å². The van der Waals surface area contributed by atoms with Crippen molar-refractivity contribution in [1.29, 1.82) is 0 Å². The molecule has 0 aromatic heterocycles. The van der Waals surface area contributed by atoms with Crippen LogP contribution in [0.4, 0.5) is 5.69 Å². The van der Waals surface area contributed by atoms with E-state index in [1.807, 2.05) is 39.0 Å². The molecule has 0 saturated carbocycles. The standard InChI is InChI=1S/C20H24N2O5S/c1-13-6-9-17(10-7-13)28(25,26)21-12-19(23)27-16(4)20(24)22-18-11-14(2)5-8-15(18)3/h5-11,16,21H,12H2,1-4H3,(H,22,24). The molecule has 0 fully saturated rings. The van der Waals surface area contributed by atoms with Crippen LogP contribution in [0.15, 0.2) is 47.4 Å². The smallest absolute Gasteiger partial charge is 0.321 e. The normalized spacial score (nSPS) is 12.3. The first-order chi connectivity index (χ1) is 13.1. The molecule has 0 spiro atoms. The molecule has 28 heavy (non-hydrogen) atoms. The summed E-state index contributed by atoms with van der Waals surface area (Å²) < 4.78 is 31.6. The second-order valence-electron chi connectivity index (χ2n) is 6.58. The van der Waals surface area contributed by atoms with Crippen molar-refractivity contribution >= 4 is 27.6 Å². The average molecular weight is 404 g/mol. The Hall–Kier alpha value is -2.71. The summed E-state index contributed by atoms with van der Waals surface area (Å²) in [6, 6.07) is 11.8. The fraction of sp³-hybridized carbons (Fsp3) is 0.300. The number of nitrogens with one attached hydrogen (secondary N) is 2. The lowest BCUT2D eigenvalue weighted by Crippen LogP contribution is -2.36. The van der Waals surface area contributed by atoms with Gasteiger partial charge in [0.1, 0.15) is 6.54 Å². The minimum absolute atomic E-state index is 0.0478. The van der Waals surface area contributed by atoms with E-state index in [0.29, 0.717) is 5.69 Å². The SMILES string of the molecule is Cc1ccc(S(=O)(=O)NCC(=O)OC(C)C(=O)Nc2cc(C)ccc2C)cc1. The number of rotatable bonds is 7.